The highest BCUT2D eigenvalue weighted by Gasteiger charge is 2.24. The molecule has 1 fully saturated rings. The van der Waals surface area contributed by atoms with E-state index in [1.54, 1.807) is 40.4 Å². The number of halogens is 4. The van der Waals surface area contributed by atoms with Crippen LogP contribution in [0.4, 0.5) is 4.39 Å². The largest absolute Gasteiger partial charge is 0.332 e. The third-order valence-corrected chi connectivity index (χ3v) is 6.69. The summed E-state index contributed by atoms with van der Waals surface area (Å²) in [5.41, 5.74) is 1.21. The van der Waals surface area contributed by atoms with Crippen LogP contribution >= 0.6 is 47.0 Å². The maximum atomic E-state index is 13.8. The van der Waals surface area contributed by atoms with Crippen molar-refractivity contribution in [1.29, 1.82) is 0 Å². The molecule has 2 heterocycles. The van der Waals surface area contributed by atoms with Crippen LogP contribution in [0.2, 0.25) is 15.1 Å². The topological polar surface area (TPSA) is 47.5 Å². The van der Waals surface area contributed by atoms with Crippen molar-refractivity contribution in [1.82, 2.24) is 19.2 Å². The van der Waals surface area contributed by atoms with Gasteiger partial charge in [-0.1, -0.05) is 34.8 Å². The molecule has 0 aliphatic carbocycles. The zero-order valence-corrected chi connectivity index (χ0v) is 20.2. The second kappa shape index (κ2) is 9.49. The molecule has 1 saturated heterocycles. The summed E-state index contributed by atoms with van der Waals surface area (Å²) in [5.74, 6) is 0.0621. The second-order valence-corrected chi connectivity index (χ2v) is 9.19. The number of amides is 1. The standard InChI is InChI=1S/C21H19Cl3FN5OS/c1-13(31)28-8-6-27(7-9-28)12-29-21(32)30(15-3-5-19(25)18(24)11-15)20(26-29)16-4-2-14(22)10-17(16)23/h2-5,10-11H,6-9,12H2,1H3/p+1. The lowest BCUT2D eigenvalue weighted by Crippen LogP contribution is -3.14. The highest BCUT2D eigenvalue weighted by atomic mass is 35.5. The highest BCUT2D eigenvalue weighted by Crippen LogP contribution is 2.32. The first-order valence-electron chi connectivity index (χ1n) is 9.94. The van der Waals surface area contributed by atoms with Gasteiger partial charge in [0.05, 0.1) is 41.9 Å². The van der Waals surface area contributed by atoms with Crippen LogP contribution in [0.25, 0.3) is 17.1 Å². The third-order valence-electron chi connectivity index (χ3n) is 5.46. The third kappa shape index (κ3) is 4.70. The maximum absolute atomic E-state index is 13.8. The number of piperazine rings is 1. The Kier molecular flexibility index (Phi) is 6.88. The lowest BCUT2D eigenvalue weighted by Gasteiger charge is -2.31. The highest BCUT2D eigenvalue weighted by molar-refractivity contribution is 7.71. The number of aromatic nitrogens is 3. The number of benzene rings is 2. The van der Waals surface area contributed by atoms with Crippen molar-refractivity contribution in [2.75, 3.05) is 26.2 Å². The van der Waals surface area contributed by atoms with Gasteiger partial charge in [-0.3, -0.25) is 9.36 Å². The van der Waals surface area contributed by atoms with Gasteiger partial charge in [-0.15, -0.1) is 5.10 Å². The zero-order valence-electron chi connectivity index (χ0n) is 17.1. The summed E-state index contributed by atoms with van der Waals surface area (Å²) in [4.78, 5) is 14.7. The lowest BCUT2D eigenvalue weighted by molar-refractivity contribution is -0.927. The second-order valence-electron chi connectivity index (χ2n) is 7.58. The number of carbonyl (C=O) groups is 1. The average Bonchev–Trinajstić information content (AvgIpc) is 3.06. The Hall–Kier alpha value is -1.97. The van der Waals surface area contributed by atoms with Crippen LogP contribution < -0.4 is 4.90 Å². The van der Waals surface area contributed by atoms with E-state index in [1.807, 2.05) is 4.90 Å². The Morgan fingerprint density at radius 2 is 1.84 bits per heavy atom. The van der Waals surface area contributed by atoms with Crippen LogP contribution in [-0.2, 0) is 11.5 Å². The number of nitrogens with zero attached hydrogens (tertiary/aromatic N) is 4. The first kappa shape index (κ1) is 23.2. The van der Waals surface area contributed by atoms with E-state index in [0.717, 1.165) is 13.1 Å². The molecule has 0 spiro atoms. The van der Waals surface area contributed by atoms with Gasteiger partial charge >= 0.3 is 0 Å². The van der Waals surface area contributed by atoms with Crippen LogP contribution in [0, 0.1) is 10.6 Å². The minimum atomic E-state index is -0.520. The summed E-state index contributed by atoms with van der Waals surface area (Å²) in [5, 5.41) is 5.66. The molecule has 11 heteroatoms. The molecule has 0 atom stereocenters. The molecule has 1 aliphatic heterocycles. The molecule has 3 aromatic rings. The summed E-state index contributed by atoms with van der Waals surface area (Å²) in [6.07, 6.45) is 0. The molecular weight excluding hydrogens is 496 g/mol. The Morgan fingerprint density at radius 3 is 2.47 bits per heavy atom. The smallest absolute Gasteiger partial charge is 0.219 e. The number of carbonyl (C=O) groups excluding carboxylic acids is 1. The molecule has 4 rings (SSSR count). The van der Waals surface area contributed by atoms with E-state index < -0.39 is 5.82 Å². The van der Waals surface area contributed by atoms with Crippen molar-refractivity contribution in [3.05, 3.63) is 62.1 Å². The van der Waals surface area contributed by atoms with Gasteiger partial charge < -0.3 is 9.80 Å². The Morgan fingerprint density at radius 1 is 1.12 bits per heavy atom. The molecule has 32 heavy (non-hydrogen) atoms. The van der Waals surface area contributed by atoms with E-state index in [-0.39, 0.29) is 10.9 Å². The van der Waals surface area contributed by atoms with Gasteiger partial charge in [-0.2, -0.15) is 4.68 Å². The Balaban J connectivity index is 1.76. The monoisotopic (exact) mass is 514 g/mol. The van der Waals surface area contributed by atoms with Crippen LogP contribution in [0.5, 0.6) is 0 Å². The number of rotatable bonds is 4. The van der Waals surface area contributed by atoms with Crippen molar-refractivity contribution in [3.63, 3.8) is 0 Å². The van der Waals surface area contributed by atoms with Gasteiger partial charge in [0.15, 0.2) is 12.5 Å². The van der Waals surface area contributed by atoms with Gasteiger partial charge in [0.25, 0.3) is 0 Å². The molecule has 0 radical (unpaired) electrons. The van der Waals surface area contributed by atoms with Crippen molar-refractivity contribution in [3.8, 4) is 17.1 Å². The molecule has 2 aromatic carbocycles. The van der Waals surface area contributed by atoms with Crippen LogP contribution in [0.15, 0.2) is 36.4 Å². The van der Waals surface area contributed by atoms with Crippen LogP contribution in [0.3, 0.4) is 0 Å². The number of nitrogens with one attached hydrogen (secondary N) is 1. The Labute approximate surface area is 204 Å². The van der Waals surface area contributed by atoms with Gasteiger partial charge in [0.2, 0.25) is 10.7 Å². The SMILES string of the molecule is CC(=O)N1CC[NH+](Cn2nc(-c3ccc(Cl)cc3Cl)n(-c3ccc(F)c(Cl)c3)c2=S)CC1. The van der Waals surface area contributed by atoms with Crippen molar-refractivity contribution >= 4 is 52.9 Å². The average molecular weight is 516 g/mol. The molecule has 6 nitrogen and oxygen atoms in total. The van der Waals surface area contributed by atoms with Crippen LogP contribution in [0.1, 0.15) is 6.92 Å². The van der Waals surface area contributed by atoms with E-state index in [4.69, 9.17) is 52.1 Å². The quantitative estimate of drug-likeness (QED) is 0.537. The van der Waals surface area contributed by atoms with Gasteiger partial charge in [-0.25, -0.2) is 4.39 Å². The number of quaternary nitrogens is 1. The summed E-state index contributed by atoms with van der Waals surface area (Å²) in [6.45, 7) is 5.04. The lowest BCUT2D eigenvalue weighted by atomic mass is 10.2. The fourth-order valence-electron chi connectivity index (χ4n) is 3.72. The zero-order chi connectivity index (χ0) is 23.0. The predicted molar refractivity (Wildman–Crippen MR) is 126 cm³/mol. The molecule has 1 amide bonds. The summed E-state index contributed by atoms with van der Waals surface area (Å²) in [6, 6.07) is 9.51. The van der Waals surface area contributed by atoms with Crippen molar-refractivity contribution in [2.45, 2.75) is 13.6 Å². The van der Waals surface area contributed by atoms with Crippen molar-refractivity contribution in [2.24, 2.45) is 0 Å². The molecule has 0 saturated carbocycles. The molecule has 1 N–H and O–H groups in total. The first-order chi connectivity index (χ1) is 15.2. The maximum Gasteiger partial charge on any atom is 0.219 e. The van der Waals surface area contributed by atoms with E-state index in [0.29, 0.717) is 51.6 Å². The predicted octanol–water partition coefficient (Wildman–Crippen LogP) is 3.87. The summed E-state index contributed by atoms with van der Waals surface area (Å²) >= 11 is 24.3. The van der Waals surface area contributed by atoms with Gasteiger partial charge in [0, 0.05) is 17.5 Å². The fourth-order valence-corrected chi connectivity index (χ4v) is 4.69. The number of hydrogen-bond acceptors (Lipinski definition) is 3. The molecule has 1 aliphatic rings. The minimum Gasteiger partial charge on any atom is -0.332 e. The summed E-state index contributed by atoms with van der Waals surface area (Å²) in [7, 11) is 0. The molecular formula is C21H20Cl3FN5OS+. The summed E-state index contributed by atoms with van der Waals surface area (Å²) < 4.78 is 17.7. The Bertz CT molecular complexity index is 1240. The van der Waals surface area contributed by atoms with Crippen LogP contribution in [-0.4, -0.2) is 51.3 Å². The normalized spacial score (nSPS) is 14.7. The molecule has 1 aromatic heterocycles. The van der Waals surface area contributed by atoms with E-state index in [1.165, 1.54) is 17.0 Å². The van der Waals surface area contributed by atoms with Crippen molar-refractivity contribution < 1.29 is 14.1 Å². The van der Waals surface area contributed by atoms with Gasteiger partial charge in [-0.05, 0) is 48.6 Å². The van der Waals surface area contributed by atoms with E-state index in [9.17, 15) is 9.18 Å². The minimum absolute atomic E-state index is 0.0173. The fraction of sp³-hybridized carbons (Fsp3) is 0.286. The number of hydrogen-bond donors (Lipinski definition) is 1. The molecule has 0 bridgehead atoms. The molecule has 168 valence electrons. The van der Waals surface area contributed by atoms with E-state index >= 15 is 0 Å². The van der Waals surface area contributed by atoms with E-state index in [2.05, 4.69) is 0 Å². The molecule has 0 unspecified atom stereocenters. The first-order valence-corrected chi connectivity index (χ1v) is 11.5. The van der Waals surface area contributed by atoms with Gasteiger partial charge in [0.1, 0.15) is 5.82 Å².